The van der Waals surface area contributed by atoms with E-state index in [1.807, 2.05) is 18.2 Å². The molecule has 1 rings (SSSR count). The third-order valence-electron chi connectivity index (χ3n) is 2.48. The van der Waals surface area contributed by atoms with E-state index >= 15 is 0 Å². The van der Waals surface area contributed by atoms with Crippen molar-refractivity contribution >= 4 is 11.6 Å². The van der Waals surface area contributed by atoms with Crippen LogP contribution in [-0.4, -0.2) is 38.0 Å². The van der Waals surface area contributed by atoms with Gasteiger partial charge in [-0.15, -0.1) is 0 Å². The first kappa shape index (κ1) is 15.2. The van der Waals surface area contributed by atoms with Gasteiger partial charge >= 0.3 is 0 Å². The summed E-state index contributed by atoms with van der Waals surface area (Å²) in [6.07, 6.45) is -0.307. The van der Waals surface area contributed by atoms with Gasteiger partial charge in [0.25, 0.3) is 0 Å². The van der Waals surface area contributed by atoms with E-state index < -0.39 is 0 Å². The highest BCUT2D eigenvalue weighted by Crippen LogP contribution is 2.22. The standard InChI is InChI=1S/C13H21ClN2O2/c1-10(17)8-15-5-6-16-9-11-7-12(14)3-4-13(11)18-2/h3-4,7,10,15-17H,5-6,8-9H2,1-2H3/t10-/m0/s1. The molecule has 18 heavy (non-hydrogen) atoms. The second kappa shape index (κ2) is 8.32. The fourth-order valence-corrected chi connectivity index (χ4v) is 1.79. The van der Waals surface area contributed by atoms with Crippen molar-refractivity contribution < 1.29 is 9.84 Å². The summed E-state index contributed by atoms with van der Waals surface area (Å²) in [5.41, 5.74) is 1.04. The molecular weight excluding hydrogens is 252 g/mol. The second-order valence-electron chi connectivity index (χ2n) is 4.19. The summed E-state index contributed by atoms with van der Waals surface area (Å²) < 4.78 is 5.26. The van der Waals surface area contributed by atoms with E-state index in [-0.39, 0.29) is 6.10 Å². The van der Waals surface area contributed by atoms with Crippen molar-refractivity contribution in [3.8, 4) is 5.75 Å². The fourth-order valence-electron chi connectivity index (χ4n) is 1.60. The lowest BCUT2D eigenvalue weighted by Crippen LogP contribution is -2.31. The maximum Gasteiger partial charge on any atom is 0.123 e. The Morgan fingerprint density at radius 1 is 1.33 bits per heavy atom. The van der Waals surface area contributed by atoms with Gasteiger partial charge in [-0.05, 0) is 25.1 Å². The number of rotatable bonds is 8. The third-order valence-corrected chi connectivity index (χ3v) is 2.71. The zero-order valence-electron chi connectivity index (χ0n) is 10.9. The first-order valence-electron chi connectivity index (χ1n) is 6.05. The van der Waals surface area contributed by atoms with Gasteiger partial charge in [-0.1, -0.05) is 11.6 Å². The lowest BCUT2D eigenvalue weighted by atomic mass is 10.2. The van der Waals surface area contributed by atoms with Crippen LogP contribution in [0.4, 0.5) is 0 Å². The molecule has 4 nitrogen and oxygen atoms in total. The van der Waals surface area contributed by atoms with Gasteiger partial charge in [-0.2, -0.15) is 0 Å². The zero-order chi connectivity index (χ0) is 13.4. The summed E-state index contributed by atoms with van der Waals surface area (Å²) in [6, 6.07) is 5.58. The predicted octanol–water partition coefficient (Wildman–Crippen LogP) is 1.41. The first-order chi connectivity index (χ1) is 8.63. The minimum atomic E-state index is -0.307. The molecule has 102 valence electrons. The first-order valence-corrected chi connectivity index (χ1v) is 6.43. The molecule has 0 fully saturated rings. The second-order valence-corrected chi connectivity index (χ2v) is 4.62. The van der Waals surface area contributed by atoms with E-state index in [1.165, 1.54) is 0 Å². The van der Waals surface area contributed by atoms with E-state index in [0.717, 1.165) is 24.4 Å². The molecule has 5 heteroatoms. The number of benzene rings is 1. The molecule has 0 bridgehead atoms. The molecule has 0 amide bonds. The monoisotopic (exact) mass is 272 g/mol. The van der Waals surface area contributed by atoms with Gasteiger partial charge in [0.2, 0.25) is 0 Å². The van der Waals surface area contributed by atoms with Gasteiger partial charge in [0.05, 0.1) is 13.2 Å². The van der Waals surface area contributed by atoms with Crippen molar-refractivity contribution in [2.75, 3.05) is 26.7 Å². The van der Waals surface area contributed by atoms with Crippen LogP contribution >= 0.6 is 11.6 Å². The van der Waals surface area contributed by atoms with Crippen LogP contribution in [0, 0.1) is 0 Å². The van der Waals surface area contributed by atoms with Crippen LogP contribution < -0.4 is 15.4 Å². The van der Waals surface area contributed by atoms with E-state index in [0.29, 0.717) is 18.1 Å². The van der Waals surface area contributed by atoms with E-state index in [4.69, 9.17) is 21.4 Å². The van der Waals surface area contributed by atoms with Gasteiger partial charge < -0.3 is 20.5 Å². The molecule has 0 aliphatic heterocycles. The Bertz CT molecular complexity index is 359. The molecule has 0 heterocycles. The predicted molar refractivity (Wildman–Crippen MR) is 74.3 cm³/mol. The summed E-state index contributed by atoms with van der Waals surface area (Å²) >= 11 is 5.95. The van der Waals surface area contributed by atoms with E-state index in [1.54, 1.807) is 14.0 Å². The third kappa shape index (κ3) is 5.69. The van der Waals surface area contributed by atoms with Crippen molar-refractivity contribution in [3.63, 3.8) is 0 Å². The highest BCUT2D eigenvalue weighted by Gasteiger charge is 2.03. The van der Waals surface area contributed by atoms with Crippen molar-refractivity contribution in [1.82, 2.24) is 10.6 Å². The van der Waals surface area contributed by atoms with Gasteiger partial charge in [-0.3, -0.25) is 0 Å². The Morgan fingerprint density at radius 3 is 2.72 bits per heavy atom. The summed E-state index contributed by atoms with van der Waals surface area (Å²) in [5.74, 6) is 0.837. The molecule has 0 aromatic heterocycles. The minimum absolute atomic E-state index is 0.307. The van der Waals surface area contributed by atoms with Crippen LogP contribution in [-0.2, 0) is 6.54 Å². The maximum atomic E-state index is 9.07. The summed E-state index contributed by atoms with van der Waals surface area (Å²) in [4.78, 5) is 0. The fraction of sp³-hybridized carbons (Fsp3) is 0.538. The van der Waals surface area contributed by atoms with Crippen molar-refractivity contribution in [3.05, 3.63) is 28.8 Å². The van der Waals surface area contributed by atoms with Gasteiger partial charge in [0.15, 0.2) is 0 Å². The Labute approximate surface area is 113 Å². The molecule has 0 saturated carbocycles. The number of nitrogens with one attached hydrogen (secondary N) is 2. The number of hydrogen-bond acceptors (Lipinski definition) is 4. The summed E-state index contributed by atoms with van der Waals surface area (Å²) in [5, 5.41) is 16.2. The Morgan fingerprint density at radius 2 is 2.06 bits per heavy atom. The molecule has 0 saturated heterocycles. The summed E-state index contributed by atoms with van der Waals surface area (Å²) in [6.45, 7) is 4.72. The molecule has 0 aliphatic carbocycles. The lowest BCUT2D eigenvalue weighted by molar-refractivity contribution is 0.191. The van der Waals surface area contributed by atoms with E-state index in [2.05, 4.69) is 10.6 Å². The molecule has 3 N–H and O–H groups in total. The zero-order valence-corrected chi connectivity index (χ0v) is 11.6. The number of aliphatic hydroxyl groups is 1. The largest absolute Gasteiger partial charge is 0.496 e. The molecule has 0 unspecified atom stereocenters. The lowest BCUT2D eigenvalue weighted by Gasteiger charge is -2.11. The molecule has 0 aliphatic rings. The Hall–Kier alpha value is -0.810. The SMILES string of the molecule is COc1ccc(Cl)cc1CNCCNC[C@H](C)O. The highest BCUT2D eigenvalue weighted by atomic mass is 35.5. The average molecular weight is 273 g/mol. The average Bonchev–Trinajstić information content (AvgIpc) is 2.33. The quantitative estimate of drug-likeness (QED) is 0.627. The van der Waals surface area contributed by atoms with Crippen LogP contribution in [0.5, 0.6) is 5.75 Å². The number of methoxy groups -OCH3 is 1. The smallest absolute Gasteiger partial charge is 0.123 e. The van der Waals surface area contributed by atoms with Crippen LogP contribution in [0.1, 0.15) is 12.5 Å². The topological polar surface area (TPSA) is 53.5 Å². The van der Waals surface area contributed by atoms with Crippen molar-refractivity contribution in [1.29, 1.82) is 0 Å². The molecule has 0 radical (unpaired) electrons. The molecular formula is C13H21ClN2O2. The highest BCUT2D eigenvalue weighted by molar-refractivity contribution is 6.30. The molecule has 1 atom stereocenters. The maximum absolute atomic E-state index is 9.07. The number of hydrogen-bond donors (Lipinski definition) is 3. The normalized spacial score (nSPS) is 12.4. The van der Waals surface area contributed by atoms with Crippen LogP contribution in [0.2, 0.25) is 5.02 Å². The molecule has 0 spiro atoms. The van der Waals surface area contributed by atoms with Gasteiger partial charge in [0, 0.05) is 36.8 Å². The number of aliphatic hydroxyl groups excluding tert-OH is 1. The number of ether oxygens (including phenoxy) is 1. The van der Waals surface area contributed by atoms with Gasteiger partial charge in [0.1, 0.15) is 5.75 Å². The number of halogens is 1. The van der Waals surface area contributed by atoms with Crippen molar-refractivity contribution in [2.24, 2.45) is 0 Å². The molecule has 1 aromatic carbocycles. The van der Waals surface area contributed by atoms with Crippen LogP contribution in [0.25, 0.3) is 0 Å². The van der Waals surface area contributed by atoms with E-state index in [9.17, 15) is 0 Å². The Balaban J connectivity index is 2.28. The van der Waals surface area contributed by atoms with Gasteiger partial charge in [-0.25, -0.2) is 0 Å². The van der Waals surface area contributed by atoms with Crippen LogP contribution in [0.15, 0.2) is 18.2 Å². The summed E-state index contributed by atoms with van der Waals surface area (Å²) in [7, 11) is 1.65. The minimum Gasteiger partial charge on any atom is -0.496 e. The van der Waals surface area contributed by atoms with Crippen LogP contribution in [0.3, 0.4) is 0 Å². The van der Waals surface area contributed by atoms with Crippen molar-refractivity contribution in [2.45, 2.75) is 19.6 Å². The molecule has 1 aromatic rings. The Kier molecular flexibility index (Phi) is 7.05.